The molecule has 11 heteroatoms. The number of hydrogen-bond acceptors (Lipinski definition) is 5. The van der Waals surface area contributed by atoms with Gasteiger partial charge in [0, 0.05) is 49.9 Å². The summed E-state index contributed by atoms with van der Waals surface area (Å²) in [4.78, 5) is 29.4. The van der Waals surface area contributed by atoms with Gasteiger partial charge in [-0.2, -0.15) is 0 Å². The van der Waals surface area contributed by atoms with Crippen molar-refractivity contribution in [1.82, 2.24) is 10.2 Å². The van der Waals surface area contributed by atoms with E-state index in [1.54, 1.807) is 24.3 Å². The van der Waals surface area contributed by atoms with E-state index in [-0.39, 0.29) is 49.9 Å². The summed E-state index contributed by atoms with van der Waals surface area (Å²) in [6.45, 7) is 4.10. The Balaban J connectivity index is 0.00000204. The van der Waals surface area contributed by atoms with E-state index in [4.69, 9.17) is 0 Å². The van der Waals surface area contributed by atoms with Gasteiger partial charge in [-0.15, -0.1) is 0 Å². The molecule has 0 aromatic heterocycles. The Morgan fingerprint density at radius 1 is 1.00 bits per heavy atom. The number of nitrogens with zero attached hydrogens (tertiary/aromatic N) is 2. The number of carbonyl (C=O) groups excluding carboxylic acids is 1. The van der Waals surface area contributed by atoms with Crippen LogP contribution in [0.1, 0.15) is 28.8 Å². The number of phenolic OH excluding ortho intramolecular Hbond substituents is 1. The quantitative estimate of drug-likeness (QED) is 0.307. The van der Waals surface area contributed by atoms with Crippen molar-refractivity contribution in [1.29, 1.82) is 0 Å². The molecular weight excluding hydrogens is 650 g/mol. The zero-order valence-corrected chi connectivity index (χ0v) is 21.7. The number of rotatable bonds is 7. The minimum atomic E-state index is -1.10. The first-order valence-corrected chi connectivity index (χ1v) is 12.8. The van der Waals surface area contributed by atoms with Crippen molar-refractivity contribution >= 4 is 100 Å². The van der Waals surface area contributed by atoms with E-state index in [9.17, 15) is 19.8 Å². The molecule has 2 fully saturated rings. The van der Waals surface area contributed by atoms with Crippen LogP contribution in [0.5, 0.6) is 5.75 Å². The van der Waals surface area contributed by atoms with Gasteiger partial charge in [0.1, 0.15) is 11.8 Å². The van der Waals surface area contributed by atoms with Crippen molar-refractivity contribution in [3.05, 3.63) is 54.7 Å². The zero-order valence-electron chi connectivity index (χ0n) is 17.4. The fourth-order valence-electron chi connectivity index (χ4n) is 4.02. The number of nitrogens with one attached hydrogen (secondary N) is 1. The molecule has 1 unspecified atom stereocenters. The number of phenols is 1. The fraction of sp³-hybridized carbons (Fsp3) is 0.391. The van der Waals surface area contributed by atoms with Crippen LogP contribution in [0.2, 0.25) is 0 Å². The first-order chi connectivity index (χ1) is 15.3. The third-order valence-electron chi connectivity index (χ3n) is 5.99. The van der Waals surface area contributed by atoms with Gasteiger partial charge in [0.05, 0.1) is 7.14 Å². The van der Waals surface area contributed by atoms with Gasteiger partial charge in [0.15, 0.2) is 0 Å². The Labute approximate surface area is 251 Å². The fourth-order valence-corrected chi connectivity index (χ4v) is 5.92. The Bertz CT molecular complexity index is 991. The zero-order chi connectivity index (χ0) is 22.8. The van der Waals surface area contributed by atoms with Crippen molar-refractivity contribution in [2.75, 3.05) is 31.1 Å². The molecule has 0 radical (unpaired) electrons. The maximum atomic E-state index is 12.7. The topological polar surface area (TPSA) is 93.1 Å². The molecular formula is C23H27I2Li2N3O4. The second-order valence-corrected chi connectivity index (χ2v) is 10.6. The number of benzene rings is 2. The third kappa shape index (κ3) is 7.55. The van der Waals surface area contributed by atoms with Gasteiger partial charge in [-0.1, -0.05) is 0 Å². The van der Waals surface area contributed by atoms with E-state index in [0.717, 1.165) is 43.5 Å². The summed E-state index contributed by atoms with van der Waals surface area (Å²) in [6, 6.07) is 10.6. The second kappa shape index (κ2) is 13.2. The van der Waals surface area contributed by atoms with Gasteiger partial charge in [0.2, 0.25) is 0 Å². The van der Waals surface area contributed by atoms with Crippen molar-refractivity contribution in [2.45, 2.75) is 31.3 Å². The summed E-state index contributed by atoms with van der Waals surface area (Å²) in [5.41, 5.74) is 2.26. The van der Waals surface area contributed by atoms with Crippen molar-refractivity contribution in [3.63, 3.8) is 0 Å². The van der Waals surface area contributed by atoms with Gasteiger partial charge < -0.3 is 20.4 Å². The van der Waals surface area contributed by atoms with Crippen LogP contribution < -0.4 is 10.2 Å². The number of halogens is 2. The molecule has 1 aliphatic heterocycles. The van der Waals surface area contributed by atoms with E-state index in [0.29, 0.717) is 12.7 Å². The molecule has 1 amide bonds. The summed E-state index contributed by atoms with van der Waals surface area (Å²) < 4.78 is 1.29. The van der Waals surface area contributed by atoms with Crippen LogP contribution in [-0.4, -0.2) is 103 Å². The number of piperazine rings is 1. The van der Waals surface area contributed by atoms with Crippen LogP contribution in [0.3, 0.4) is 0 Å². The van der Waals surface area contributed by atoms with Crippen LogP contribution in [0.25, 0.3) is 0 Å². The predicted octanol–water partition coefficient (Wildman–Crippen LogP) is 2.01. The van der Waals surface area contributed by atoms with E-state index < -0.39 is 17.9 Å². The monoisotopic (exact) mass is 677 g/mol. The molecule has 0 bridgehead atoms. The SMILES string of the molecule is O=C(NC(Cc1cc(I)c(O)c(I)c1)C(=O)O)c1ccc(N2CCN(C3CC3)CC2)cc1.[LiH].[LiH]. The molecule has 3 N–H and O–H groups in total. The van der Waals surface area contributed by atoms with Crippen LogP contribution >= 0.6 is 45.2 Å². The molecule has 1 saturated heterocycles. The average Bonchev–Trinajstić information content (AvgIpc) is 3.62. The average molecular weight is 677 g/mol. The Morgan fingerprint density at radius 2 is 1.56 bits per heavy atom. The Hall–Kier alpha value is -0.405. The molecule has 1 atom stereocenters. The second-order valence-electron chi connectivity index (χ2n) is 8.28. The summed E-state index contributed by atoms with van der Waals surface area (Å²) in [5.74, 6) is -1.33. The van der Waals surface area contributed by atoms with Gasteiger partial charge in [-0.05, 0) is 100.0 Å². The maximum absolute atomic E-state index is 12.7. The molecule has 34 heavy (non-hydrogen) atoms. The normalized spacial score (nSPS) is 16.7. The Morgan fingerprint density at radius 3 is 2.06 bits per heavy atom. The third-order valence-corrected chi connectivity index (χ3v) is 7.64. The number of anilines is 1. The van der Waals surface area contributed by atoms with Gasteiger partial charge >= 0.3 is 43.7 Å². The van der Waals surface area contributed by atoms with Crippen LogP contribution in [0.15, 0.2) is 36.4 Å². The van der Waals surface area contributed by atoms with Crippen molar-refractivity contribution in [3.8, 4) is 5.75 Å². The molecule has 2 aromatic carbocycles. The number of aliphatic carboxylic acids is 1. The number of carboxylic acids is 1. The number of aromatic hydroxyl groups is 1. The van der Waals surface area contributed by atoms with Crippen LogP contribution in [0, 0.1) is 7.14 Å². The van der Waals surface area contributed by atoms with E-state index >= 15 is 0 Å². The molecule has 7 nitrogen and oxygen atoms in total. The van der Waals surface area contributed by atoms with Crippen molar-refractivity contribution < 1.29 is 19.8 Å². The Kier molecular flexibility index (Phi) is 11.6. The van der Waals surface area contributed by atoms with Crippen molar-refractivity contribution in [2.24, 2.45) is 0 Å². The molecule has 2 aromatic rings. The summed E-state index contributed by atoms with van der Waals surface area (Å²) in [5, 5.41) is 22.2. The molecule has 1 saturated carbocycles. The predicted molar refractivity (Wildman–Crippen MR) is 154 cm³/mol. The van der Waals surface area contributed by atoms with Gasteiger partial charge in [0.25, 0.3) is 5.91 Å². The van der Waals surface area contributed by atoms with E-state index in [1.165, 1.54) is 12.8 Å². The summed E-state index contributed by atoms with van der Waals surface area (Å²) in [6.07, 6.45) is 2.79. The number of carboxylic acid groups (broad SMARTS) is 1. The van der Waals surface area contributed by atoms with E-state index in [1.807, 2.05) is 57.3 Å². The molecule has 1 aliphatic carbocycles. The summed E-state index contributed by atoms with van der Waals surface area (Å²) >= 11 is 4.01. The standard InChI is InChI=1S/C23H25I2N3O4.2Li.2H/c24-18-11-14(12-19(25)21(18)29)13-20(23(31)32)26-22(30)15-1-3-16(4-2-15)27-7-9-28(10-8-27)17-5-6-17;;;;/h1-4,11-12,17,20,29H,5-10,13H2,(H,26,30)(H,31,32);;;;. The molecule has 2 aliphatic rings. The van der Waals surface area contributed by atoms with Gasteiger partial charge in [-0.25, -0.2) is 4.79 Å². The van der Waals surface area contributed by atoms with Gasteiger partial charge in [-0.3, -0.25) is 9.69 Å². The van der Waals surface area contributed by atoms with Crippen LogP contribution in [-0.2, 0) is 11.2 Å². The van der Waals surface area contributed by atoms with Crippen LogP contribution in [0.4, 0.5) is 5.69 Å². The minimum absolute atomic E-state index is 0. The number of carbonyl (C=O) groups is 2. The van der Waals surface area contributed by atoms with E-state index in [2.05, 4.69) is 15.1 Å². The number of amides is 1. The molecule has 4 rings (SSSR count). The number of hydrogen-bond donors (Lipinski definition) is 3. The summed E-state index contributed by atoms with van der Waals surface area (Å²) in [7, 11) is 0. The molecule has 174 valence electrons. The first kappa shape index (κ1) is 29.8. The molecule has 0 spiro atoms. The molecule has 1 heterocycles. The first-order valence-electron chi connectivity index (χ1n) is 10.6.